The largest absolute Gasteiger partial charge is 0.462 e. The van der Waals surface area contributed by atoms with Crippen molar-refractivity contribution in [3.05, 3.63) is 22.7 Å². The number of hydrogen-bond acceptors (Lipinski definition) is 2. The van der Waals surface area contributed by atoms with Gasteiger partial charge < -0.3 is 10.5 Å². The molecular formula is C7H7BrFNO. The maximum atomic E-state index is 11.7. The van der Waals surface area contributed by atoms with Crippen LogP contribution in [0.25, 0.3) is 0 Å². The van der Waals surface area contributed by atoms with E-state index in [2.05, 4.69) is 20.7 Å². The van der Waals surface area contributed by atoms with Gasteiger partial charge in [-0.3, -0.25) is 0 Å². The summed E-state index contributed by atoms with van der Waals surface area (Å²) in [5, 5.41) is 0. The van der Waals surface area contributed by atoms with Gasteiger partial charge in [0.15, 0.2) is 0 Å². The van der Waals surface area contributed by atoms with Crippen LogP contribution in [0.15, 0.2) is 22.7 Å². The summed E-state index contributed by atoms with van der Waals surface area (Å²) in [6, 6.07) is 4.92. The summed E-state index contributed by atoms with van der Waals surface area (Å²) >= 11 is 3.18. The second kappa shape index (κ2) is 3.57. The molecule has 11 heavy (non-hydrogen) atoms. The quantitative estimate of drug-likeness (QED) is 0.776. The Morgan fingerprint density at radius 3 is 2.82 bits per heavy atom. The molecule has 0 bridgehead atoms. The van der Waals surface area contributed by atoms with E-state index < -0.39 is 6.86 Å². The Balaban J connectivity index is 2.90. The maximum Gasteiger partial charge on any atom is 0.228 e. The number of nitrogen functional groups attached to an aromatic ring is 1. The Bertz CT molecular complexity index is 254. The highest BCUT2D eigenvalue weighted by Gasteiger charge is 1.99. The average Bonchev–Trinajstić information content (AvgIpc) is 1.95. The summed E-state index contributed by atoms with van der Waals surface area (Å²) < 4.78 is 17.0. The van der Waals surface area contributed by atoms with Gasteiger partial charge in [0.05, 0.1) is 4.47 Å². The van der Waals surface area contributed by atoms with Crippen molar-refractivity contribution in [2.75, 3.05) is 12.6 Å². The first kappa shape index (κ1) is 8.33. The lowest BCUT2D eigenvalue weighted by molar-refractivity contribution is 0.190. The molecule has 2 nitrogen and oxygen atoms in total. The van der Waals surface area contributed by atoms with Crippen LogP contribution in [0.4, 0.5) is 10.1 Å². The topological polar surface area (TPSA) is 35.2 Å². The molecule has 0 saturated heterocycles. The van der Waals surface area contributed by atoms with Crippen molar-refractivity contribution in [3.8, 4) is 5.75 Å². The van der Waals surface area contributed by atoms with Crippen molar-refractivity contribution in [3.63, 3.8) is 0 Å². The average molecular weight is 220 g/mol. The van der Waals surface area contributed by atoms with E-state index in [0.29, 0.717) is 15.9 Å². The Morgan fingerprint density at radius 1 is 1.55 bits per heavy atom. The first-order valence-corrected chi connectivity index (χ1v) is 3.77. The Kier molecular flexibility index (Phi) is 2.70. The van der Waals surface area contributed by atoms with E-state index in [0.717, 1.165) is 0 Å². The number of rotatable bonds is 2. The molecule has 1 rings (SSSR count). The molecule has 0 heterocycles. The molecule has 0 spiro atoms. The molecule has 2 N–H and O–H groups in total. The lowest BCUT2D eigenvalue weighted by Crippen LogP contribution is -1.92. The zero-order chi connectivity index (χ0) is 8.27. The van der Waals surface area contributed by atoms with Crippen molar-refractivity contribution >= 4 is 21.6 Å². The van der Waals surface area contributed by atoms with Gasteiger partial charge >= 0.3 is 0 Å². The van der Waals surface area contributed by atoms with Gasteiger partial charge in [-0.15, -0.1) is 0 Å². The van der Waals surface area contributed by atoms with Crippen LogP contribution in [0.5, 0.6) is 5.75 Å². The van der Waals surface area contributed by atoms with Crippen LogP contribution in [0, 0.1) is 0 Å². The minimum Gasteiger partial charge on any atom is -0.462 e. The van der Waals surface area contributed by atoms with Crippen molar-refractivity contribution in [2.24, 2.45) is 0 Å². The number of ether oxygens (including phenoxy) is 1. The molecule has 0 saturated carbocycles. The number of hydrogen-bond donors (Lipinski definition) is 1. The standard InChI is InChI=1S/C7H7BrFNO/c8-6-3-5(10)1-2-7(6)11-4-9/h1-3H,4,10H2. The normalized spacial score (nSPS) is 9.64. The SMILES string of the molecule is Nc1ccc(OCF)c(Br)c1. The minimum absolute atomic E-state index is 0.460. The zero-order valence-corrected chi connectivity index (χ0v) is 7.27. The molecule has 0 fully saturated rings. The van der Waals surface area contributed by atoms with Gasteiger partial charge in [-0.1, -0.05) is 0 Å². The van der Waals surface area contributed by atoms with Crippen molar-refractivity contribution in [1.82, 2.24) is 0 Å². The highest BCUT2D eigenvalue weighted by molar-refractivity contribution is 9.10. The second-order valence-electron chi connectivity index (χ2n) is 1.94. The summed E-state index contributed by atoms with van der Waals surface area (Å²) in [6.07, 6.45) is 0. The van der Waals surface area contributed by atoms with Crippen LogP contribution in [-0.4, -0.2) is 6.86 Å². The number of alkyl halides is 1. The molecule has 0 unspecified atom stereocenters. The molecule has 60 valence electrons. The smallest absolute Gasteiger partial charge is 0.228 e. The van der Waals surface area contributed by atoms with Crippen LogP contribution in [0.1, 0.15) is 0 Å². The summed E-state index contributed by atoms with van der Waals surface area (Å²) in [5.41, 5.74) is 6.06. The molecule has 0 atom stereocenters. The minimum atomic E-state index is -0.831. The van der Waals surface area contributed by atoms with Crippen molar-refractivity contribution < 1.29 is 9.13 Å². The molecule has 0 aromatic heterocycles. The Labute approximate surface area is 72.3 Å². The molecule has 0 radical (unpaired) electrons. The molecule has 0 aliphatic rings. The van der Waals surface area contributed by atoms with E-state index in [4.69, 9.17) is 5.73 Å². The Morgan fingerprint density at radius 2 is 2.27 bits per heavy atom. The molecule has 0 aliphatic heterocycles. The van der Waals surface area contributed by atoms with Crippen molar-refractivity contribution in [1.29, 1.82) is 0 Å². The van der Waals surface area contributed by atoms with Crippen LogP contribution in [-0.2, 0) is 0 Å². The van der Waals surface area contributed by atoms with E-state index in [1.165, 1.54) is 0 Å². The van der Waals surface area contributed by atoms with Crippen LogP contribution in [0.2, 0.25) is 0 Å². The molecular weight excluding hydrogens is 213 g/mol. The third-order valence-corrected chi connectivity index (χ3v) is 1.79. The molecule has 1 aromatic carbocycles. The molecule has 0 amide bonds. The molecule has 1 aromatic rings. The van der Waals surface area contributed by atoms with Gasteiger partial charge in [-0.05, 0) is 34.1 Å². The van der Waals surface area contributed by atoms with Gasteiger partial charge in [-0.25, -0.2) is 4.39 Å². The van der Waals surface area contributed by atoms with E-state index in [9.17, 15) is 4.39 Å². The van der Waals surface area contributed by atoms with Gasteiger partial charge in [0.2, 0.25) is 6.86 Å². The summed E-state index contributed by atoms with van der Waals surface area (Å²) in [5.74, 6) is 0.460. The zero-order valence-electron chi connectivity index (χ0n) is 5.68. The number of halogens is 2. The third-order valence-electron chi connectivity index (χ3n) is 1.17. The van der Waals surface area contributed by atoms with Gasteiger partial charge in [0.25, 0.3) is 0 Å². The molecule has 4 heteroatoms. The van der Waals surface area contributed by atoms with E-state index >= 15 is 0 Å². The number of anilines is 1. The van der Waals surface area contributed by atoms with Crippen molar-refractivity contribution in [2.45, 2.75) is 0 Å². The van der Waals surface area contributed by atoms with Crippen LogP contribution < -0.4 is 10.5 Å². The summed E-state index contributed by atoms with van der Waals surface area (Å²) in [7, 11) is 0. The first-order valence-electron chi connectivity index (χ1n) is 2.98. The second-order valence-corrected chi connectivity index (χ2v) is 2.80. The van der Waals surface area contributed by atoms with Crippen LogP contribution >= 0.6 is 15.9 Å². The predicted molar refractivity (Wildman–Crippen MR) is 45.2 cm³/mol. The summed E-state index contributed by atoms with van der Waals surface area (Å²) in [4.78, 5) is 0. The first-order chi connectivity index (χ1) is 5.24. The van der Waals surface area contributed by atoms with Gasteiger partial charge in [0, 0.05) is 5.69 Å². The predicted octanol–water partition coefficient (Wildman–Crippen LogP) is 2.34. The van der Waals surface area contributed by atoms with E-state index in [1.807, 2.05) is 0 Å². The number of benzene rings is 1. The fourth-order valence-corrected chi connectivity index (χ4v) is 1.20. The highest BCUT2D eigenvalue weighted by Crippen LogP contribution is 2.26. The fourth-order valence-electron chi connectivity index (χ4n) is 0.693. The lowest BCUT2D eigenvalue weighted by atomic mass is 10.3. The maximum absolute atomic E-state index is 11.7. The van der Waals surface area contributed by atoms with Crippen LogP contribution in [0.3, 0.4) is 0 Å². The number of nitrogens with two attached hydrogens (primary N) is 1. The fraction of sp³-hybridized carbons (Fsp3) is 0.143. The van der Waals surface area contributed by atoms with Gasteiger partial charge in [-0.2, -0.15) is 0 Å². The highest BCUT2D eigenvalue weighted by atomic mass is 79.9. The monoisotopic (exact) mass is 219 g/mol. The third kappa shape index (κ3) is 2.08. The molecule has 0 aliphatic carbocycles. The summed E-state index contributed by atoms with van der Waals surface area (Å²) in [6.45, 7) is -0.831. The van der Waals surface area contributed by atoms with Gasteiger partial charge in [0.1, 0.15) is 5.75 Å². The lowest BCUT2D eigenvalue weighted by Gasteiger charge is -2.03. The Hall–Kier alpha value is -0.770. The van der Waals surface area contributed by atoms with E-state index in [1.54, 1.807) is 18.2 Å². The van der Waals surface area contributed by atoms with E-state index in [-0.39, 0.29) is 0 Å².